The molecule has 1 heterocycles. The first-order chi connectivity index (χ1) is 7.04. The summed E-state index contributed by atoms with van der Waals surface area (Å²) in [4.78, 5) is 0. The van der Waals surface area contributed by atoms with Gasteiger partial charge in [-0.15, -0.1) is 0 Å². The summed E-state index contributed by atoms with van der Waals surface area (Å²) in [7, 11) is 0. The fourth-order valence-electron chi connectivity index (χ4n) is 2.85. The van der Waals surface area contributed by atoms with Gasteiger partial charge in [0.05, 0.1) is 18.8 Å². The Kier molecular flexibility index (Phi) is 3.06. The van der Waals surface area contributed by atoms with Gasteiger partial charge in [0, 0.05) is 12.8 Å². The first-order valence-electron chi connectivity index (χ1n) is 6.04. The molecule has 3 heteroatoms. The lowest BCUT2D eigenvalue weighted by molar-refractivity contribution is -0.204. The molecule has 1 saturated heterocycles. The molecule has 0 radical (unpaired) electrons. The van der Waals surface area contributed by atoms with Crippen molar-refractivity contribution in [2.24, 2.45) is 5.92 Å². The van der Waals surface area contributed by atoms with Gasteiger partial charge < -0.3 is 14.6 Å². The summed E-state index contributed by atoms with van der Waals surface area (Å²) in [6.45, 7) is 5.74. The second-order valence-corrected chi connectivity index (χ2v) is 5.43. The number of ether oxygens (including phenoxy) is 2. The van der Waals surface area contributed by atoms with Crippen LogP contribution >= 0.6 is 0 Å². The lowest BCUT2D eigenvalue weighted by Gasteiger charge is -2.41. The van der Waals surface area contributed by atoms with Crippen LogP contribution in [0.3, 0.4) is 0 Å². The van der Waals surface area contributed by atoms with Crippen molar-refractivity contribution >= 4 is 0 Å². The summed E-state index contributed by atoms with van der Waals surface area (Å²) in [6.07, 6.45) is 4.20. The van der Waals surface area contributed by atoms with Crippen LogP contribution in [0.25, 0.3) is 0 Å². The number of rotatable bonds is 2. The molecule has 88 valence electrons. The predicted octanol–water partition coefficient (Wildman–Crippen LogP) is 2.08. The second-order valence-electron chi connectivity index (χ2n) is 5.43. The average Bonchev–Trinajstić information content (AvgIpc) is 2.59. The SMILES string of the molecule is CC(C)CC1(O)CCC2(CC1)OCCO2. The van der Waals surface area contributed by atoms with Crippen LogP contribution < -0.4 is 0 Å². The summed E-state index contributed by atoms with van der Waals surface area (Å²) >= 11 is 0. The summed E-state index contributed by atoms with van der Waals surface area (Å²) in [5, 5.41) is 10.4. The highest BCUT2D eigenvalue weighted by atomic mass is 16.7. The lowest BCUT2D eigenvalue weighted by atomic mass is 9.77. The maximum absolute atomic E-state index is 10.4. The molecule has 0 amide bonds. The monoisotopic (exact) mass is 214 g/mol. The van der Waals surface area contributed by atoms with Crippen LogP contribution in [-0.4, -0.2) is 29.7 Å². The molecule has 1 spiro atoms. The predicted molar refractivity (Wildman–Crippen MR) is 57.5 cm³/mol. The molecule has 3 nitrogen and oxygen atoms in total. The topological polar surface area (TPSA) is 38.7 Å². The van der Waals surface area contributed by atoms with E-state index >= 15 is 0 Å². The minimum atomic E-state index is -0.477. The van der Waals surface area contributed by atoms with Gasteiger partial charge in [0.15, 0.2) is 5.79 Å². The highest BCUT2D eigenvalue weighted by Gasteiger charge is 2.45. The van der Waals surface area contributed by atoms with Crippen molar-refractivity contribution in [2.45, 2.75) is 57.3 Å². The lowest BCUT2D eigenvalue weighted by Crippen LogP contribution is -2.44. The largest absolute Gasteiger partial charge is 0.390 e. The molecule has 0 aromatic rings. The molecular formula is C12H22O3. The summed E-state index contributed by atoms with van der Waals surface area (Å²) in [5.74, 6) is 0.206. The molecule has 1 N–H and O–H groups in total. The standard InChI is InChI=1S/C12H22O3/c1-10(2)9-11(13)3-5-12(6-4-11)14-7-8-15-12/h10,13H,3-9H2,1-2H3. The van der Waals surface area contributed by atoms with Crippen molar-refractivity contribution in [3.8, 4) is 0 Å². The maximum Gasteiger partial charge on any atom is 0.168 e. The third kappa shape index (κ3) is 2.52. The van der Waals surface area contributed by atoms with Crippen molar-refractivity contribution in [1.82, 2.24) is 0 Å². The van der Waals surface area contributed by atoms with Gasteiger partial charge in [0.1, 0.15) is 0 Å². The average molecular weight is 214 g/mol. The van der Waals surface area contributed by atoms with Gasteiger partial charge >= 0.3 is 0 Å². The van der Waals surface area contributed by atoms with E-state index in [1.165, 1.54) is 0 Å². The zero-order valence-electron chi connectivity index (χ0n) is 9.79. The van der Waals surface area contributed by atoms with Crippen LogP contribution in [0.1, 0.15) is 46.0 Å². The molecule has 1 saturated carbocycles. The van der Waals surface area contributed by atoms with Crippen molar-refractivity contribution in [1.29, 1.82) is 0 Å². The van der Waals surface area contributed by atoms with E-state index in [9.17, 15) is 5.11 Å². The third-order valence-electron chi connectivity index (χ3n) is 3.54. The first-order valence-corrected chi connectivity index (χ1v) is 6.04. The molecule has 2 fully saturated rings. The molecule has 0 aromatic carbocycles. The van der Waals surface area contributed by atoms with E-state index in [4.69, 9.17) is 9.47 Å². The quantitative estimate of drug-likeness (QED) is 0.765. The van der Waals surface area contributed by atoms with E-state index in [-0.39, 0.29) is 5.79 Å². The molecule has 0 unspecified atom stereocenters. The second kappa shape index (κ2) is 4.04. The minimum absolute atomic E-state index is 0.344. The Morgan fingerprint density at radius 3 is 2.07 bits per heavy atom. The van der Waals surface area contributed by atoms with Crippen LogP contribution in [0, 0.1) is 5.92 Å². The van der Waals surface area contributed by atoms with Crippen LogP contribution in [-0.2, 0) is 9.47 Å². The van der Waals surface area contributed by atoms with Gasteiger partial charge in [-0.2, -0.15) is 0 Å². The Hall–Kier alpha value is -0.120. The van der Waals surface area contributed by atoms with Crippen LogP contribution in [0.2, 0.25) is 0 Å². The molecule has 0 aromatic heterocycles. The first kappa shape index (κ1) is 11.4. The van der Waals surface area contributed by atoms with Crippen LogP contribution in [0.4, 0.5) is 0 Å². The van der Waals surface area contributed by atoms with Gasteiger partial charge in [-0.05, 0) is 25.2 Å². The maximum atomic E-state index is 10.4. The summed E-state index contributed by atoms with van der Waals surface area (Å²) in [5.41, 5.74) is -0.477. The van der Waals surface area contributed by atoms with Crippen molar-refractivity contribution in [2.75, 3.05) is 13.2 Å². The van der Waals surface area contributed by atoms with E-state index in [2.05, 4.69) is 13.8 Å². The molecule has 1 aliphatic carbocycles. The minimum Gasteiger partial charge on any atom is -0.390 e. The van der Waals surface area contributed by atoms with Gasteiger partial charge in [0.25, 0.3) is 0 Å². The molecule has 0 bridgehead atoms. The summed E-state index contributed by atoms with van der Waals surface area (Å²) in [6, 6.07) is 0. The van der Waals surface area contributed by atoms with Crippen molar-refractivity contribution in [3.63, 3.8) is 0 Å². The smallest absolute Gasteiger partial charge is 0.168 e. The van der Waals surface area contributed by atoms with E-state index in [0.29, 0.717) is 19.1 Å². The Labute approximate surface area is 91.8 Å². The molecule has 2 rings (SSSR count). The molecule has 1 aliphatic heterocycles. The molecule has 0 atom stereocenters. The van der Waals surface area contributed by atoms with E-state index < -0.39 is 5.60 Å². The normalized spacial score (nSPS) is 28.8. The highest BCUT2D eigenvalue weighted by molar-refractivity contribution is 4.91. The van der Waals surface area contributed by atoms with Crippen molar-refractivity contribution < 1.29 is 14.6 Å². The third-order valence-corrected chi connectivity index (χ3v) is 3.54. The Morgan fingerprint density at radius 2 is 1.60 bits per heavy atom. The summed E-state index contributed by atoms with van der Waals surface area (Å²) < 4.78 is 11.3. The van der Waals surface area contributed by atoms with Gasteiger partial charge in [-0.25, -0.2) is 0 Å². The Balaban J connectivity index is 1.90. The molecular weight excluding hydrogens is 192 g/mol. The van der Waals surface area contributed by atoms with E-state index in [0.717, 1.165) is 32.1 Å². The fraction of sp³-hybridized carbons (Fsp3) is 1.00. The van der Waals surface area contributed by atoms with Gasteiger partial charge in [-0.3, -0.25) is 0 Å². The molecule has 15 heavy (non-hydrogen) atoms. The van der Waals surface area contributed by atoms with Crippen LogP contribution in [0.5, 0.6) is 0 Å². The van der Waals surface area contributed by atoms with Crippen molar-refractivity contribution in [3.05, 3.63) is 0 Å². The van der Waals surface area contributed by atoms with Gasteiger partial charge in [-0.1, -0.05) is 13.8 Å². The van der Waals surface area contributed by atoms with Gasteiger partial charge in [0.2, 0.25) is 0 Å². The highest BCUT2D eigenvalue weighted by Crippen LogP contribution is 2.42. The number of aliphatic hydroxyl groups is 1. The van der Waals surface area contributed by atoms with E-state index in [1.54, 1.807) is 0 Å². The Morgan fingerprint density at radius 1 is 1.07 bits per heavy atom. The fourth-order valence-corrected chi connectivity index (χ4v) is 2.85. The van der Waals surface area contributed by atoms with Crippen LogP contribution in [0.15, 0.2) is 0 Å². The molecule has 2 aliphatic rings. The number of hydrogen-bond donors (Lipinski definition) is 1. The van der Waals surface area contributed by atoms with E-state index in [1.807, 2.05) is 0 Å². The zero-order valence-corrected chi connectivity index (χ0v) is 9.79. The number of hydrogen-bond acceptors (Lipinski definition) is 3. The Bertz CT molecular complexity index is 209. The zero-order chi connectivity index (χ0) is 10.9.